The number of nitrogens with one attached hydrogen (secondary N) is 1. The molecule has 0 aromatic heterocycles. The van der Waals surface area contributed by atoms with Crippen LogP contribution >= 0.6 is 31.9 Å². The molecular weight excluding hydrogens is 394 g/mol. The number of halogens is 2. The molecule has 2 nitrogen and oxygen atoms in total. The lowest BCUT2D eigenvalue weighted by Crippen LogP contribution is -2.12. The van der Waals surface area contributed by atoms with Crippen LogP contribution in [0, 0.1) is 13.8 Å². The molecule has 0 aliphatic rings. The van der Waals surface area contributed by atoms with Crippen LogP contribution in [-0.4, -0.2) is 7.05 Å². The lowest BCUT2D eigenvalue weighted by atomic mass is 10.1. The van der Waals surface area contributed by atoms with Gasteiger partial charge in [-0.1, -0.05) is 37.9 Å². The summed E-state index contributed by atoms with van der Waals surface area (Å²) in [5.41, 5.74) is 3.56. The lowest BCUT2D eigenvalue weighted by Gasteiger charge is -2.15. The van der Waals surface area contributed by atoms with Gasteiger partial charge in [0.1, 0.15) is 11.5 Å². The Morgan fingerprint density at radius 2 is 1.62 bits per heavy atom. The Kier molecular flexibility index (Phi) is 5.47. The smallest absolute Gasteiger partial charge is 0.128 e. The minimum atomic E-state index is 0.297. The minimum Gasteiger partial charge on any atom is -0.457 e. The van der Waals surface area contributed by atoms with E-state index in [0.717, 1.165) is 20.4 Å². The largest absolute Gasteiger partial charge is 0.457 e. The van der Waals surface area contributed by atoms with Gasteiger partial charge in [-0.3, -0.25) is 0 Å². The van der Waals surface area contributed by atoms with E-state index in [9.17, 15) is 0 Å². The van der Waals surface area contributed by atoms with Crippen molar-refractivity contribution in [1.82, 2.24) is 5.32 Å². The summed E-state index contributed by atoms with van der Waals surface area (Å²) >= 11 is 7.19. The third-order valence-corrected chi connectivity index (χ3v) is 5.45. The molecule has 2 rings (SSSR count). The van der Waals surface area contributed by atoms with Crippen LogP contribution in [0.4, 0.5) is 0 Å². The molecule has 1 atom stereocenters. The fourth-order valence-corrected chi connectivity index (χ4v) is 3.11. The lowest BCUT2D eigenvalue weighted by molar-refractivity contribution is 0.480. The first-order valence-electron chi connectivity index (χ1n) is 6.83. The number of aryl methyl sites for hydroxylation is 2. The topological polar surface area (TPSA) is 21.3 Å². The zero-order valence-electron chi connectivity index (χ0n) is 12.6. The Hall–Kier alpha value is -0.840. The molecule has 4 heteroatoms. The van der Waals surface area contributed by atoms with Gasteiger partial charge in [-0.05, 0) is 68.8 Å². The number of hydrogen-bond acceptors (Lipinski definition) is 2. The van der Waals surface area contributed by atoms with Gasteiger partial charge < -0.3 is 10.1 Å². The average molecular weight is 413 g/mol. The third-order valence-electron chi connectivity index (χ3n) is 3.52. The van der Waals surface area contributed by atoms with Crippen LogP contribution < -0.4 is 10.1 Å². The van der Waals surface area contributed by atoms with Crippen LogP contribution in [0.5, 0.6) is 11.5 Å². The monoisotopic (exact) mass is 411 g/mol. The summed E-state index contributed by atoms with van der Waals surface area (Å²) in [6.07, 6.45) is 0. The van der Waals surface area contributed by atoms with Gasteiger partial charge in [-0.2, -0.15) is 0 Å². The molecule has 0 heterocycles. The summed E-state index contributed by atoms with van der Waals surface area (Å²) in [6.45, 7) is 6.26. The summed E-state index contributed by atoms with van der Waals surface area (Å²) in [6, 6.07) is 10.5. The standard InChI is InChI=1S/C17H19Br2NO/c1-10-7-14(8-11(2)17(10)19)21-13-5-6-15(12(3)20-4)16(18)9-13/h5-9,12,20H,1-4H3. The highest BCUT2D eigenvalue weighted by Gasteiger charge is 2.09. The molecule has 112 valence electrons. The van der Waals surface area contributed by atoms with Gasteiger partial charge in [0, 0.05) is 15.0 Å². The van der Waals surface area contributed by atoms with Gasteiger partial charge >= 0.3 is 0 Å². The van der Waals surface area contributed by atoms with Gasteiger partial charge in [-0.25, -0.2) is 0 Å². The predicted molar refractivity (Wildman–Crippen MR) is 95.3 cm³/mol. The van der Waals surface area contributed by atoms with Crippen molar-refractivity contribution in [2.45, 2.75) is 26.8 Å². The molecule has 0 saturated heterocycles. The van der Waals surface area contributed by atoms with Crippen molar-refractivity contribution in [3.05, 3.63) is 56.0 Å². The predicted octanol–water partition coefficient (Wildman–Crippen LogP) is 5.90. The first-order valence-corrected chi connectivity index (χ1v) is 8.42. The van der Waals surface area contributed by atoms with Crippen LogP contribution in [0.2, 0.25) is 0 Å². The van der Waals surface area contributed by atoms with Gasteiger partial charge in [0.05, 0.1) is 0 Å². The van der Waals surface area contributed by atoms with Crippen molar-refractivity contribution < 1.29 is 4.74 Å². The second-order valence-electron chi connectivity index (χ2n) is 5.17. The molecule has 2 aromatic carbocycles. The number of benzene rings is 2. The van der Waals surface area contributed by atoms with Crippen molar-refractivity contribution in [3.63, 3.8) is 0 Å². The maximum Gasteiger partial charge on any atom is 0.128 e. The number of rotatable bonds is 4. The zero-order valence-corrected chi connectivity index (χ0v) is 15.8. The van der Waals surface area contributed by atoms with Crippen molar-refractivity contribution in [3.8, 4) is 11.5 Å². The van der Waals surface area contributed by atoms with E-state index in [1.807, 2.05) is 31.3 Å². The zero-order chi connectivity index (χ0) is 15.6. The van der Waals surface area contributed by atoms with E-state index >= 15 is 0 Å². The van der Waals surface area contributed by atoms with E-state index in [0.29, 0.717) is 6.04 Å². The fraction of sp³-hybridized carbons (Fsp3) is 0.294. The van der Waals surface area contributed by atoms with E-state index in [2.05, 4.69) is 64.0 Å². The van der Waals surface area contributed by atoms with E-state index in [1.54, 1.807) is 0 Å². The molecule has 1 N–H and O–H groups in total. The first-order chi connectivity index (χ1) is 9.92. The Bertz CT molecular complexity index is 632. The van der Waals surface area contributed by atoms with Gasteiger partial charge in [0.2, 0.25) is 0 Å². The van der Waals surface area contributed by atoms with Crippen LogP contribution in [-0.2, 0) is 0 Å². The molecular formula is C17H19Br2NO. The second kappa shape index (κ2) is 6.95. The molecule has 0 aliphatic carbocycles. The molecule has 0 aliphatic heterocycles. The summed E-state index contributed by atoms with van der Waals surface area (Å²) in [5, 5.41) is 3.24. The summed E-state index contributed by atoms with van der Waals surface area (Å²) in [7, 11) is 1.95. The van der Waals surface area contributed by atoms with Crippen molar-refractivity contribution in [2.24, 2.45) is 0 Å². The maximum absolute atomic E-state index is 5.97. The molecule has 0 bridgehead atoms. The van der Waals surface area contributed by atoms with Crippen LogP contribution in [0.25, 0.3) is 0 Å². The molecule has 21 heavy (non-hydrogen) atoms. The van der Waals surface area contributed by atoms with Crippen LogP contribution in [0.15, 0.2) is 39.3 Å². The van der Waals surface area contributed by atoms with E-state index in [-0.39, 0.29) is 0 Å². The van der Waals surface area contributed by atoms with Crippen LogP contribution in [0.3, 0.4) is 0 Å². The third kappa shape index (κ3) is 3.87. The van der Waals surface area contributed by atoms with E-state index in [4.69, 9.17) is 4.74 Å². The Balaban J connectivity index is 2.26. The summed E-state index contributed by atoms with van der Waals surface area (Å²) < 4.78 is 8.16. The summed E-state index contributed by atoms with van der Waals surface area (Å²) in [4.78, 5) is 0. The Morgan fingerprint density at radius 1 is 1.00 bits per heavy atom. The molecule has 0 radical (unpaired) electrons. The molecule has 1 unspecified atom stereocenters. The van der Waals surface area contributed by atoms with Crippen LogP contribution in [0.1, 0.15) is 29.7 Å². The van der Waals surface area contributed by atoms with E-state index < -0.39 is 0 Å². The van der Waals surface area contributed by atoms with Gasteiger partial charge in [0.15, 0.2) is 0 Å². The molecule has 0 fully saturated rings. The number of hydrogen-bond donors (Lipinski definition) is 1. The minimum absolute atomic E-state index is 0.297. The fourth-order valence-electron chi connectivity index (χ4n) is 2.18. The normalized spacial score (nSPS) is 12.3. The first kappa shape index (κ1) is 16.5. The quantitative estimate of drug-likeness (QED) is 0.674. The van der Waals surface area contributed by atoms with Gasteiger partial charge in [0.25, 0.3) is 0 Å². The Morgan fingerprint density at radius 3 is 2.14 bits per heavy atom. The highest BCUT2D eigenvalue weighted by Crippen LogP contribution is 2.32. The molecule has 0 saturated carbocycles. The number of ether oxygens (including phenoxy) is 1. The van der Waals surface area contributed by atoms with Crippen molar-refractivity contribution in [1.29, 1.82) is 0 Å². The van der Waals surface area contributed by atoms with E-state index in [1.165, 1.54) is 16.7 Å². The van der Waals surface area contributed by atoms with Gasteiger partial charge in [-0.15, -0.1) is 0 Å². The SMILES string of the molecule is CNC(C)c1ccc(Oc2cc(C)c(Br)c(C)c2)cc1Br. The molecule has 0 spiro atoms. The maximum atomic E-state index is 5.97. The molecule has 2 aromatic rings. The average Bonchev–Trinajstić information content (AvgIpc) is 2.44. The highest BCUT2D eigenvalue weighted by atomic mass is 79.9. The van der Waals surface area contributed by atoms with Crippen molar-refractivity contribution >= 4 is 31.9 Å². The second-order valence-corrected chi connectivity index (χ2v) is 6.81. The Labute approximate surface area is 143 Å². The summed E-state index contributed by atoms with van der Waals surface area (Å²) in [5.74, 6) is 1.68. The highest BCUT2D eigenvalue weighted by molar-refractivity contribution is 9.10. The van der Waals surface area contributed by atoms with Crippen molar-refractivity contribution in [2.75, 3.05) is 7.05 Å². The molecule has 0 amide bonds.